The normalized spacial score (nSPS) is 14.3. The molecule has 0 aliphatic rings. The number of hydrogen-bond acceptors (Lipinski definition) is 3. The number of aromatic nitrogens is 1. The van der Waals surface area contributed by atoms with Crippen LogP contribution in [-0.2, 0) is 11.2 Å². The van der Waals surface area contributed by atoms with E-state index < -0.39 is 0 Å². The fourth-order valence-electron chi connectivity index (χ4n) is 2.62. The van der Waals surface area contributed by atoms with Gasteiger partial charge in [-0.15, -0.1) is 0 Å². The van der Waals surface area contributed by atoms with Crippen molar-refractivity contribution in [1.82, 2.24) is 10.3 Å². The van der Waals surface area contributed by atoms with Gasteiger partial charge in [-0.25, -0.2) is 0 Å². The van der Waals surface area contributed by atoms with Crippen LogP contribution in [0, 0.1) is 0 Å². The van der Waals surface area contributed by atoms with Crippen LogP contribution in [0.3, 0.4) is 0 Å². The summed E-state index contributed by atoms with van der Waals surface area (Å²) in [5.74, 6) is 0. The Labute approximate surface area is 121 Å². The molecule has 0 spiro atoms. The summed E-state index contributed by atoms with van der Waals surface area (Å²) in [6, 6.07) is 10.8. The highest BCUT2D eigenvalue weighted by molar-refractivity contribution is 5.81. The quantitative estimate of drug-likeness (QED) is 0.840. The number of fused-ring (bicyclic) bond motifs is 1. The molecule has 2 atom stereocenters. The number of rotatable bonds is 7. The highest BCUT2D eigenvalue weighted by atomic mass is 16.5. The first-order chi connectivity index (χ1) is 9.76. The van der Waals surface area contributed by atoms with Crippen LogP contribution < -0.4 is 5.32 Å². The van der Waals surface area contributed by atoms with Crippen molar-refractivity contribution in [1.29, 1.82) is 0 Å². The van der Waals surface area contributed by atoms with Gasteiger partial charge in [0.2, 0.25) is 0 Å². The molecule has 0 radical (unpaired) electrons. The van der Waals surface area contributed by atoms with E-state index in [-0.39, 0.29) is 6.10 Å². The fraction of sp³-hybridized carbons (Fsp3) is 0.471. The molecule has 2 unspecified atom stereocenters. The molecule has 0 saturated heterocycles. The zero-order chi connectivity index (χ0) is 14.4. The lowest BCUT2D eigenvalue weighted by Gasteiger charge is -2.25. The molecule has 2 rings (SSSR count). The van der Waals surface area contributed by atoms with Gasteiger partial charge in [0, 0.05) is 24.2 Å². The predicted molar refractivity (Wildman–Crippen MR) is 84.0 cm³/mol. The van der Waals surface area contributed by atoms with Gasteiger partial charge in [-0.2, -0.15) is 0 Å². The molecule has 0 saturated carbocycles. The Hall–Kier alpha value is -1.45. The van der Waals surface area contributed by atoms with Gasteiger partial charge >= 0.3 is 0 Å². The summed E-state index contributed by atoms with van der Waals surface area (Å²) >= 11 is 0. The number of ether oxygens (including phenoxy) is 1. The molecule has 0 fully saturated rings. The van der Waals surface area contributed by atoms with Gasteiger partial charge in [-0.05, 0) is 44.5 Å². The molecule has 0 amide bonds. The molecule has 108 valence electrons. The van der Waals surface area contributed by atoms with Crippen LogP contribution in [0.1, 0.15) is 26.3 Å². The number of pyridine rings is 1. The van der Waals surface area contributed by atoms with Crippen LogP contribution in [0.15, 0.2) is 36.5 Å². The first-order valence-corrected chi connectivity index (χ1v) is 7.43. The molecule has 0 aliphatic carbocycles. The Balaban J connectivity index is 2.24. The van der Waals surface area contributed by atoms with Crippen molar-refractivity contribution >= 4 is 10.9 Å². The smallest absolute Gasteiger partial charge is 0.0704 e. The van der Waals surface area contributed by atoms with Gasteiger partial charge in [0.05, 0.1) is 11.6 Å². The average molecular weight is 272 g/mol. The van der Waals surface area contributed by atoms with Crippen LogP contribution in [0.2, 0.25) is 0 Å². The van der Waals surface area contributed by atoms with Gasteiger partial charge in [-0.3, -0.25) is 4.98 Å². The van der Waals surface area contributed by atoms with Crippen molar-refractivity contribution in [2.45, 2.75) is 39.3 Å². The van der Waals surface area contributed by atoms with Crippen molar-refractivity contribution in [3.63, 3.8) is 0 Å². The number of likely N-dealkylation sites (N-methyl/N-ethyl adjacent to an activating group) is 1. The molecule has 3 heteroatoms. The van der Waals surface area contributed by atoms with Crippen LogP contribution in [0.4, 0.5) is 0 Å². The third kappa shape index (κ3) is 3.56. The summed E-state index contributed by atoms with van der Waals surface area (Å²) in [5.41, 5.74) is 2.39. The molecule has 2 aromatic rings. The minimum Gasteiger partial charge on any atom is -0.377 e. The molecule has 1 N–H and O–H groups in total. The summed E-state index contributed by atoms with van der Waals surface area (Å²) in [5, 5.41) is 4.77. The van der Waals surface area contributed by atoms with E-state index in [1.807, 2.05) is 19.2 Å². The van der Waals surface area contributed by atoms with Crippen molar-refractivity contribution in [3.05, 3.63) is 42.1 Å². The van der Waals surface area contributed by atoms with E-state index in [4.69, 9.17) is 4.74 Å². The summed E-state index contributed by atoms with van der Waals surface area (Å²) in [6.45, 7) is 8.02. The predicted octanol–water partition coefficient (Wildman–Crippen LogP) is 3.18. The first-order valence-electron chi connectivity index (χ1n) is 7.43. The second kappa shape index (κ2) is 7.36. The number of benzene rings is 1. The first kappa shape index (κ1) is 14.9. The van der Waals surface area contributed by atoms with Gasteiger partial charge in [0.15, 0.2) is 0 Å². The van der Waals surface area contributed by atoms with Gasteiger partial charge < -0.3 is 10.1 Å². The lowest BCUT2D eigenvalue weighted by molar-refractivity contribution is 0.0481. The number of para-hydroxylation sites is 1. The average Bonchev–Trinajstić information content (AvgIpc) is 2.47. The molecule has 0 aliphatic heterocycles. The van der Waals surface area contributed by atoms with Crippen molar-refractivity contribution in [2.75, 3.05) is 13.2 Å². The molecule has 1 heterocycles. The van der Waals surface area contributed by atoms with E-state index in [0.29, 0.717) is 6.04 Å². The molecule has 3 nitrogen and oxygen atoms in total. The Morgan fingerprint density at radius 2 is 2.00 bits per heavy atom. The SMILES string of the molecule is CCNC(Cc1ccnc2ccccc12)C(C)OCC. The van der Waals surface area contributed by atoms with E-state index >= 15 is 0 Å². The van der Waals surface area contributed by atoms with E-state index in [0.717, 1.165) is 25.1 Å². The van der Waals surface area contributed by atoms with E-state index in [2.05, 4.69) is 48.4 Å². The highest BCUT2D eigenvalue weighted by Crippen LogP contribution is 2.19. The van der Waals surface area contributed by atoms with Crippen LogP contribution in [0.25, 0.3) is 10.9 Å². The lowest BCUT2D eigenvalue weighted by atomic mass is 9.99. The second-order valence-electron chi connectivity index (χ2n) is 5.02. The third-order valence-corrected chi connectivity index (χ3v) is 3.64. The van der Waals surface area contributed by atoms with Crippen LogP contribution in [0.5, 0.6) is 0 Å². The Morgan fingerprint density at radius 1 is 1.20 bits per heavy atom. The van der Waals surface area contributed by atoms with Gasteiger partial charge in [0.25, 0.3) is 0 Å². The maximum Gasteiger partial charge on any atom is 0.0704 e. The standard InChI is InChI=1S/C17H24N2O/c1-4-18-17(13(3)20-5-2)12-14-10-11-19-16-9-7-6-8-15(14)16/h6-11,13,17-18H,4-5,12H2,1-3H3. The van der Waals surface area contributed by atoms with Crippen molar-refractivity contribution in [3.8, 4) is 0 Å². The monoisotopic (exact) mass is 272 g/mol. The minimum absolute atomic E-state index is 0.201. The number of hydrogen-bond donors (Lipinski definition) is 1. The zero-order valence-corrected chi connectivity index (χ0v) is 12.6. The number of nitrogens with zero attached hydrogens (tertiary/aromatic N) is 1. The molecule has 1 aromatic carbocycles. The number of nitrogens with one attached hydrogen (secondary N) is 1. The topological polar surface area (TPSA) is 34.2 Å². The lowest BCUT2D eigenvalue weighted by Crippen LogP contribution is -2.41. The summed E-state index contributed by atoms with van der Waals surface area (Å²) < 4.78 is 5.76. The summed E-state index contributed by atoms with van der Waals surface area (Å²) in [7, 11) is 0. The molecule has 1 aromatic heterocycles. The zero-order valence-electron chi connectivity index (χ0n) is 12.6. The summed E-state index contributed by atoms with van der Waals surface area (Å²) in [6.07, 6.45) is 3.05. The molecular formula is C17H24N2O. The summed E-state index contributed by atoms with van der Waals surface area (Å²) in [4.78, 5) is 4.42. The largest absolute Gasteiger partial charge is 0.377 e. The van der Waals surface area contributed by atoms with Crippen LogP contribution in [-0.4, -0.2) is 30.3 Å². The maximum atomic E-state index is 5.76. The molecule has 0 bridgehead atoms. The van der Waals surface area contributed by atoms with Crippen LogP contribution >= 0.6 is 0 Å². The van der Waals surface area contributed by atoms with Crippen molar-refractivity contribution in [2.24, 2.45) is 0 Å². The maximum absolute atomic E-state index is 5.76. The Morgan fingerprint density at radius 3 is 2.75 bits per heavy atom. The van der Waals surface area contributed by atoms with E-state index in [1.54, 1.807) is 0 Å². The Kier molecular flexibility index (Phi) is 5.50. The molecule has 20 heavy (non-hydrogen) atoms. The third-order valence-electron chi connectivity index (χ3n) is 3.64. The minimum atomic E-state index is 0.201. The second-order valence-corrected chi connectivity index (χ2v) is 5.02. The van der Waals surface area contributed by atoms with Crippen molar-refractivity contribution < 1.29 is 4.74 Å². The van der Waals surface area contributed by atoms with E-state index in [9.17, 15) is 0 Å². The molecular weight excluding hydrogens is 248 g/mol. The van der Waals surface area contributed by atoms with Gasteiger partial charge in [-0.1, -0.05) is 25.1 Å². The van der Waals surface area contributed by atoms with E-state index in [1.165, 1.54) is 10.9 Å². The fourth-order valence-corrected chi connectivity index (χ4v) is 2.62. The highest BCUT2D eigenvalue weighted by Gasteiger charge is 2.18. The van der Waals surface area contributed by atoms with Gasteiger partial charge in [0.1, 0.15) is 0 Å². The Bertz CT molecular complexity index is 536.